The molecule has 1 aromatic rings. The van der Waals surface area contributed by atoms with Gasteiger partial charge in [-0.25, -0.2) is 0 Å². The molecule has 0 saturated heterocycles. The summed E-state index contributed by atoms with van der Waals surface area (Å²) in [5, 5.41) is 22.6. The van der Waals surface area contributed by atoms with Gasteiger partial charge in [0.15, 0.2) is 0 Å². The number of aromatic hydroxyl groups is 1. The van der Waals surface area contributed by atoms with Gasteiger partial charge in [-0.05, 0) is 50.3 Å². The van der Waals surface area contributed by atoms with Crippen LogP contribution in [0.2, 0.25) is 0 Å². The Bertz CT molecular complexity index is 410. The standard InChI is InChI=1S/C18H29NO2/c1-15(5-6-16-7-9-17(21)10-8-16)19-13-18(14-20)11-3-2-4-12-18/h7-10,15,19-21H,2-6,11-14H2,1H3. The molecule has 1 saturated carbocycles. The molecule has 1 aromatic carbocycles. The van der Waals surface area contributed by atoms with E-state index < -0.39 is 0 Å². The van der Waals surface area contributed by atoms with E-state index in [2.05, 4.69) is 12.2 Å². The predicted octanol–water partition coefficient (Wildman–Crippen LogP) is 3.25. The van der Waals surface area contributed by atoms with E-state index in [0.29, 0.717) is 18.4 Å². The van der Waals surface area contributed by atoms with Gasteiger partial charge in [0, 0.05) is 24.6 Å². The largest absolute Gasteiger partial charge is 0.508 e. The molecular formula is C18H29NO2. The first-order chi connectivity index (χ1) is 10.1. The van der Waals surface area contributed by atoms with Gasteiger partial charge >= 0.3 is 0 Å². The van der Waals surface area contributed by atoms with Crippen molar-refractivity contribution in [1.82, 2.24) is 5.32 Å². The van der Waals surface area contributed by atoms with Gasteiger partial charge in [0.1, 0.15) is 5.75 Å². The molecule has 0 bridgehead atoms. The van der Waals surface area contributed by atoms with Crippen LogP contribution in [0.3, 0.4) is 0 Å². The maximum atomic E-state index is 9.72. The molecule has 1 aliphatic rings. The first kappa shape index (κ1) is 16.3. The second-order valence-corrected chi connectivity index (χ2v) is 6.71. The molecule has 2 rings (SSSR count). The summed E-state index contributed by atoms with van der Waals surface area (Å²) in [7, 11) is 0. The van der Waals surface area contributed by atoms with Crippen LogP contribution in [0, 0.1) is 5.41 Å². The Balaban J connectivity index is 1.73. The SMILES string of the molecule is CC(CCc1ccc(O)cc1)NCC1(CO)CCCCC1. The highest BCUT2D eigenvalue weighted by molar-refractivity contribution is 5.25. The van der Waals surface area contributed by atoms with Gasteiger partial charge in [-0.3, -0.25) is 0 Å². The number of benzene rings is 1. The van der Waals surface area contributed by atoms with E-state index in [1.165, 1.54) is 24.8 Å². The molecule has 1 unspecified atom stereocenters. The molecule has 0 heterocycles. The number of rotatable bonds is 7. The maximum absolute atomic E-state index is 9.72. The zero-order valence-electron chi connectivity index (χ0n) is 13.1. The summed E-state index contributed by atoms with van der Waals surface area (Å²) in [6, 6.07) is 7.91. The zero-order chi connectivity index (χ0) is 15.1. The predicted molar refractivity (Wildman–Crippen MR) is 86.5 cm³/mol. The molecule has 21 heavy (non-hydrogen) atoms. The summed E-state index contributed by atoms with van der Waals surface area (Å²) in [5.41, 5.74) is 1.38. The first-order valence-corrected chi connectivity index (χ1v) is 8.26. The van der Waals surface area contributed by atoms with Gasteiger partial charge in [0.05, 0.1) is 0 Å². The van der Waals surface area contributed by atoms with Crippen molar-refractivity contribution in [3.05, 3.63) is 29.8 Å². The van der Waals surface area contributed by atoms with Gasteiger partial charge in [0.2, 0.25) is 0 Å². The molecule has 0 amide bonds. The van der Waals surface area contributed by atoms with Crippen LogP contribution in [0.15, 0.2) is 24.3 Å². The molecule has 0 aliphatic heterocycles. The summed E-state index contributed by atoms with van der Waals surface area (Å²) in [5.74, 6) is 0.326. The Kier molecular flexibility index (Phi) is 6.07. The minimum atomic E-state index is 0.116. The van der Waals surface area contributed by atoms with Crippen molar-refractivity contribution in [1.29, 1.82) is 0 Å². The summed E-state index contributed by atoms with van der Waals surface area (Å²) in [4.78, 5) is 0. The molecule has 3 heteroatoms. The fourth-order valence-electron chi connectivity index (χ4n) is 3.23. The smallest absolute Gasteiger partial charge is 0.115 e. The zero-order valence-corrected chi connectivity index (χ0v) is 13.1. The highest BCUT2D eigenvalue weighted by atomic mass is 16.3. The van der Waals surface area contributed by atoms with Crippen molar-refractivity contribution in [2.45, 2.75) is 57.9 Å². The lowest BCUT2D eigenvalue weighted by molar-refractivity contribution is 0.0786. The Morgan fingerprint density at radius 1 is 1.14 bits per heavy atom. The lowest BCUT2D eigenvalue weighted by atomic mass is 9.74. The number of aliphatic hydroxyl groups excluding tert-OH is 1. The lowest BCUT2D eigenvalue weighted by Crippen LogP contribution is -2.42. The lowest BCUT2D eigenvalue weighted by Gasteiger charge is -2.36. The number of phenolic OH excluding ortho intramolecular Hbond substituents is 1. The van der Waals surface area contributed by atoms with Crippen molar-refractivity contribution >= 4 is 0 Å². The molecule has 3 N–H and O–H groups in total. The van der Waals surface area contributed by atoms with Crippen LogP contribution < -0.4 is 5.32 Å². The second-order valence-electron chi connectivity index (χ2n) is 6.71. The van der Waals surface area contributed by atoms with Crippen molar-refractivity contribution in [3.63, 3.8) is 0 Å². The molecule has 1 fully saturated rings. The number of aliphatic hydroxyl groups is 1. The molecule has 0 spiro atoms. The molecular weight excluding hydrogens is 262 g/mol. The Morgan fingerprint density at radius 2 is 1.81 bits per heavy atom. The monoisotopic (exact) mass is 291 g/mol. The first-order valence-electron chi connectivity index (χ1n) is 8.26. The molecule has 3 nitrogen and oxygen atoms in total. The minimum absolute atomic E-state index is 0.116. The third-order valence-corrected chi connectivity index (χ3v) is 4.88. The minimum Gasteiger partial charge on any atom is -0.508 e. The van der Waals surface area contributed by atoms with E-state index in [-0.39, 0.29) is 5.41 Å². The number of aryl methyl sites for hydroxylation is 1. The third-order valence-electron chi connectivity index (χ3n) is 4.88. The Morgan fingerprint density at radius 3 is 2.43 bits per heavy atom. The van der Waals surface area contributed by atoms with E-state index in [1.807, 2.05) is 12.1 Å². The molecule has 0 radical (unpaired) electrons. The second kappa shape index (κ2) is 7.81. The Labute approximate surface area is 128 Å². The van der Waals surface area contributed by atoms with E-state index in [0.717, 1.165) is 32.2 Å². The van der Waals surface area contributed by atoms with E-state index in [9.17, 15) is 10.2 Å². The summed E-state index contributed by atoms with van der Waals surface area (Å²) in [6.45, 7) is 3.46. The molecule has 118 valence electrons. The van der Waals surface area contributed by atoms with Crippen LogP contribution in [-0.4, -0.2) is 29.4 Å². The van der Waals surface area contributed by atoms with Crippen molar-refractivity contribution < 1.29 is 10.2 Å². The van der Waals surface area contributed by atoms with Gasteiger partial charge in [-0.15, -0.1) is 0 Å². The fraction of sp³-hybridized carbons (Fsp3) is 0.667. The topological polar surface area (TPSA) is 52.5 Å². The van der Waals surface area contributed by atoms with Crippen LogP contribution in [0.25, 0.3) is 0 Å². The van der Waals surface area contributed by atoms with E-state index in [4.69, 9.17) is 0 Å². The number of hydrogen-bond donors (Lipinski definition) is 3. The molecule has 0 aromatic heterocycles. The molecule has 1 aliphatic carbocycles. The van der Waals surface area contributed by atoms with Crippen LogP contribution in [0.1, 0.15) is 51.0 Å². The maximum Gasteiger partial charge on any atom is 0.115 e. The van der Waals surface area contributed by atoms with Crippen LogP contribution >= 0.6 is 0 Å². The van der Waals surface area contributed by atoms with E-state index in [1.54, 1.807) is 12.1 Å². The van der Waals surface area contributed by atoms with Crippen molar-refractivity contribution in [3.8, 4) is 5.75 Å². The highest BCUT2D eigenvalue weighted by Crippen LogP contribution is 2.35. The summed E-state index contributed by atoms with van der Waals surface area (Å²) in [6.07, 6.45) is 8.22. The Hall–Kier alpha value is -1.06. The summed E-state index contributed by atoms with van der Waals surface area (Å²) >= 11 is 0. The average Bonchev–Trinajstić information content (AvgIpc) is 2.53. The van der Waals surface area contributed by atoms with E-state index >= 15 is 0 Å². The normalized spacial score (nSPS) is 19.3. The summed E-state index contributed by atoms with van der Waals surface area (Å²) < 4.78 is 0. The number of hydrogen-bond acceptors (Lipinski definition) is 3. The van der Waals surface area contributed by atoms with Crippen molar-refractivity contribution in [2.75, 3.05) is 13.2 Å². The van der Waals surface area contributed by atoms with Gasteiger partial charge in [-0.2, -0.15) is 0 Å². The average molecular weight is 291 g/mol. The number of phenols is 1. The van der Waals surface area contributed by atoms with Gasteiger partial charge in [0.25, 0.3) is 0 Å². The van der Waals surface area contributed by atoms with Crippen LogP contribution in [0.5, 0.6) is 5.75 Å². The fourth-order valence-corrected chi connectivity index (χ4v) is 3.23. The molecule has 1 atom stereocenters. The van der Waals surface area contributed by atoms with Gasteiger partial charge < -0.3 is 15.5 Å². The quantitative estimate of drug-likeness (QED) is 0.723. The van der Waals surface area contributed by atoms with Crippen molar-refractivity contribution in [2.24, 2.45) is 5.41 Å². The van der Waals surface area contributed by atoms with Gasteiger partial charge in [-0.1, -0.05) is 31.4 Å². The van der Waals surface area contributed by atoms with Crippen LogP contribution in [-0.2, 0) is 6.42 Å². The highest BCUT2D eigenvalue weighted by Gasteiger charge is 2.31. The van der Waals surface area contributed by atoms with Crippen LogP contribution in [0.4, 0.5) is 0 Å². The third kappa shape index (κ3) is 5.01. The number of nitrogens with one attached hydrogen (secondary N) is 1.